The van der Waals surface area contributed by atoms with Gasteiger partial charge in [-0.25, -0.2) is 4.39 Å². The fraction of sp³-hybridized carbons (Fsp3) is 0.136. The Morgan fingerprint density at radius 1 is 1.14 bits per heavy atom. The minimum Gasteiger partial charge on any atom is -0.733 e. The average molecular weight is 380 g/mol. The molecule has 0 amide bonds. The predicted molar refractivity (Wildman–Crippen MR) is 105 cm³/mol. The largest absolute Gasteiger partial charge is 0.733 e. The number of hydrogen-bond donors (Lipinski definition) is 1. The Bertz CT molecular complexity index is 1000. The summed E-state index contributed by atoms with van der Waals surface area (Å²) in [6.07, 6.45) is 0.291. The van der Waals surface area contributed by atoms with Crippen LogP contribution in [-0.4, -0.2) is 18.1 Å². The van der Waals surface area contributed by atoms with Crippen LogP contribution in [0.4, 0.5) is 10.1 Å². The molecule has 0 aliphatic carbocycles. The zero-order valence-electron chi connectivity index (χ0n) is 15.5. The highest BCUT2D eigenvalue weighted by molar-refractivity contribution is 5.95. The van der Waals surface area contributed by atoms with Gasteiger partial charge in [0.15, 0.2) is 5.78 Å². The second kappa shape index (κ2) is 8.21. The minimum atomic E-state index is -0.434. The van der Waals surface area contributed by atoms with Crippen molar-refractivity contribution in [2.75, 3.05) is 12.3 Å². The Morgan fingerprint density at radius 2 is 1.86 bits per heavy atom. The van der Waals surface area contributed by atoms with Gasteiger partial charge in [0.05, 0.1) is 18.4 Å². The summed E-state index contributed by atoms with van der Waals surface area (Å²) >= 11 is 0. The van der Waals surface area contributed by atoms with Crippen LogP contribution < -0.4 is 9.96 Å². The molecule has 0 saturated carbocycles. The molecule has 144 valence electrons. The van der Waals surface area contributed by atoms with Crippen molar-refractivity contribution in [2.45, 2.75) is 13.3 Å². The van der Waals surface area contributed by atoms with Crippen LogP contribution in [0.25, 0.3) is 11.1 Å². The first-order chi connectivity index (χ1) is 13.4. The maximum absolute atomic E-state index is 15.4. The molecule has 0 aliphatic rings. The fourth-order valence-electron chi connectivity index (χ4n) is 3.03. The van der Waals surface area contributed by atoms with E-state index in [-0.39, 0.29) is 16.7 Å². The smallest absolute Gasteiger partial charge is 0.159 e. The molecule has 0 heterocycles. The van der Waals surface area contributed by atoms with E-state index < -0.39 is 5.82 Å². The molecule has 0 atom stereocenters. The number of carbonyl (C=O) groups excluding carboxylic acids is 1. The van der Waals surface area contributed by atoms with E-state index in [1.807, 2.05) is 0 Å². The lowest BCUT2D eigenvalue weighted by molar-refractivity contribution is 0.101. The molecule has 1 N–H and O–H groups in total. The molecule has 3 rings (SSSR count). The van der Waals surface area contributed by atoms with Crippen molar-refractivity contribution in [1.29, 1.82) is 0 Å². The van der Waals surface area contributed by atoms with Crippen LogP contribution in [-0.2, 0) is 6.42 Å². The molecule has 0 saturated heterocycles. The van der Waals surface area contributed by atoms with E-state index in [1.54, 1.807) is 48.5 Å². The highest BCUT2D eigenvalue weighted by Gasteiger charge is 2.17. The van der Waals surface area contributed by atoms with Gasteiger partial charge in [-0.15, -0.1) is 0 Å². The summed E-state index contributed by atoms with van der Waals surface area (Å²) in [5.41, 5.74) is 2.66. The summed E-state index contributed by atoms with van der Waals surface area (Å²) in [6.45, 7) is 1.46. The van der Waals surface area contributed by atoms with Crippen LogP contribution in [0.3, 0.4) is 0 Å². The highest BCUT2D eigenvalue weighted by Crippen LogP contribution is 2.35. The summed E-state index contributed by atoms with van der Waals surface area (Å²) < 4.78 is 20.7. The van der Waals surface area contributed by atoms with E-state index in [2.05, 4.69) is 0 Å². The SMILES string of the molecule is COc1ccc(Cc2ccc(N([O-])O)cc2)c(F)c1-c1cccc(C(C)=O)c1. The lowest BCUT2D eigenvalue weighted by Crippen LogP contribution is -2.06. The predicted octanol–water partition coefficient (Wildman–Crippen LogP) is 4.99. The molecule has 3 aromatic rings. The van der Waals surface area contributed by atoms with Crippen molar-refractivity contribution >= 4 is 11.5 Å². The second-order valence-corrected chi connectivity index (χ2v) is 6.37. The van der Waals surface area contributed by atoms with Crippen molar-refractivity contribution in [3.8, 4) is 16.9 Å². The second-order valence-electron chi connectivity index (χ2n) is 6.37. The summed E-state index contributed by atoms with van der Waals surface area (Å²) in [4.78, 5) is 11.7. The molecule has 0 radical (unpaired) electrons. The van der Waals surface area contributed by atoms with E-state index in [0.717, 1.165) is 5.56 Å². The van der Waals surface area contributed by atoms with Crippen molar-refractivity contribution in [3.63, 3.8) is 0 Å². The average Bonchev–Trinajstić information content (AvgIpc) is 2.69. The van der Waals surface area contributed by atoms with Gasteiger partial charge in [0.25, 0.3) is 0 Å². The molecule has 3 aromatic carbocycles. The van der Waals surface area contributed by atoms with Crippen LogP contribution in [0.1, 0.15) is 28.4 Å². The molecule has 0 bridgehead atoms. The number of rotatable bonds is 6. The lowest BCUT2D eigenvalue weighted by atomic mass is 9.95. The van der Waals surface area contributed by atoms with Gasteiger partial charge in [-0.2, -0.15) is 0 Å². The molecular weight excluding hydrogens is 361 g/mol. The number of anilines is 1. The van der Waals surface area contributed by atoms with Crippen LogP contribution in [0, 0.1) is 11.0 Å². The van der Waals surface area contributed by atoms with Gasteiger partial charge in [-0.1, -0.05) is 36.4 Å². The number of benzene rings is 3. The fourth-order valence-corrected chi connectivity index (χ4v) is 3.03. The Morgan fingerprint density at radius 3 is 2.46 bits per heavy atom. The number of halogens is 1. The molecule has 0 spiro atoms. The maximum Gasteiger partial charge on any atom is 0.159 e. The lowest BCUT2D eigenvalue weighted by Gasteiger charge is -2.21. The Labute approximate surface area is 162 Å². The van der Waals surface area contributed by atoms with E-state index in [9.17, 15) is 10.0 Å². The zero-order valence-corrected chi connectivity index (χ0v) is 15.5. The standard InChI is InChI=1S/C22H19FNO4/c1-14(25)16-4-3-5-17(13-16)21-20(28-2)11-8-18(22(21)23)12-15-6-9-19(10-7-15)24(26)27/h3-11,13,26H,12H2,1-2H3/q-1. The quantitative estimate of drug-likeness (QED) is 0.482. The first kappa shape index (κ1) is 19.5. The van der Waals surface area contributed by atoms with Gasteiger partial charge in [0.1, 0.15) is 11.6 Å². The van der Waals surface area contributed by atoms with Crippen LogP contribution in [0.5, 0.6) is 5.75 Å². The monoisotopic (exact) mass is 380 g/mol. The minimum absolute atomic E-state index is 0.0979. The normalized spacial score (nSPS) is 10.6. The molecule has 0 fully saturated rings. The topological polar surface area (TPSA) is 72.8 Å². The highest BCUT2D eigenvalue weighted by atomic mass is 19.1. The first-order valence-electron chi connectivity index (χ1n) is 8.62. The number of methoxy groups -OCH3 is 1. The van der Waals surface area contributed by atoms with E-state index >= 15 is 4.39 Å². The Hall–Kier alpha value is -3.22. The number of nitrogens with zero attached hydrogens (tertiary/aromatic N) is 1. The van der Waals surface area contributed by atoms with E-state index in [0.29, 0.717) is 34.4 Å². The first-order valence-corrected chi connectivity index (χ1v) is 8.62. The van der Waals surface area contributed by atoms with Gasteiger partial charge in [-0.05, 0) is 47.9 Å². The third-order valence-electron chi connectivity index (χ3n) is 4.51. The number of Topliss-reactive ketones (excluding diaryl/α,β-unsaturated/α-hetero) is 1. The third kappa shape index (κ3) is 4.03. The summed E-state index contributed by atoms with van der Waals surface area (Å²) in [5.74, 6) is -0.162. The summed E-state index contributed by atoms with van der Waals surface area (Å²) in [5, 5.41) is 19.6. The van der Waals surface area contributed by atoms with Crippen molar-refractivity contribution in [1.82, 2.24) is 0 Å². The third-order valence-corrected chi connectivity index (χ3v) is 4.51. The van der Waals surface area contributed by atoms with Gasteiger partial charge in [0, 0.05) is 12.0 Å². The molecule has 28 heavy (non-hydrogen) atoms. The van der Waals surface area contributed by atoms with E-state index in [4.69, 9.17) is 9.94 Å². The van der Waals surface area contributed by atoms with Crippen molar-refractivity contribution < 1.29 is 19.1 Å². The Kier molecular flexibility index (Phi) is 5.73. The van der Waals surface area contributed by atoms with Crippen LogP contribution in [0.15, 0.2) is 60.7 Å². The van der Waals surface area contributed by atoms with Crippen molar-refractivity contribution in [2.24, 2.45) is 0 Å². The number of carbonyl (C=O) groups is 1. The zero-order chi connectivity index (χ0) is 20.3. The van der Waals surface area contributed by atoms with Gasteiger partial charge in [0.2, 0.25) is 0 Å². The molecule has 0 aromatic heterocycles. The van der Waals surface area contributed by atoms with Gasteiger partial charge in [-0.3, -0.25) is 10.0 Å². The van der Waals surface area contributed by atoms with Crippen LogP contribution >= 0.6 is 0 Å². The number of hydrogen-bond acceptors (Lipinski definition) is 5. The maximum atomic E-state index is 15.4. The van der Waals surface area contributed by atoms with E-state index in [1.165, 1.54) is 26.2 Å². The van der Waals surface area contributed by atoms with Crippen LogP contribution in [0.2, 0.25) is 0 Å². The van der Waals surface area contributed by atoms with Gasteiger partial charge < -0.3 is 15.2 Å². The van der Waals surface area contributed by atoms with Crippen molar-refractivity contribution in [3.05, 3.63) is 88.4 Å². The summed E-state index contributed by atoms with van der Waals surface area (Å²) in [7, 11) is 1.47. The molecule has 6 heteroatoms. The molecule has 0 aliphatic heterocycles. The van der Waals surface area contributed by atoms with Gasteiger partial charge >= 0.3 is 0 Å². The molecule has 5 nitrogen and oxygen atoms in total. The number of ether oxygens (including phenoxy) is 1. The number of ketones is 1. The Balaban J connectivity index is 2.02. The molecular formula is C22H19FNO4-. The molecule has 0 unspecified atom stereocenters. The summed E-state index contributed by atoms with van der Waals surface area (Å²) in [6, 6.07) is 16.3.